The minimum Gasteiger partial charge on any atom is -0.368 e. The van der Waals surface area contributed by atoms with Crippen molar-refractivity contribution >= 4 is 23.1 Å². The normalized spacial score (nSPS) is 15.2. The second kappa shape index (κ2) is 10.1. The van der Waals surface area contributed by atoms with Gasteiger partial charge in [0.25, 0.3) is 0 Å². The van der Waals surface area contributed by atoms with E-state index in [1.54, 1.807) is 0 Å². The van der Waals surface area contributed by atoms with Gasteiger partial charge < -0.3 is 10.7 Å². The largest absolute Gasteiger partial charge is 0.368 e. The molecule has 1 aliphatic rings. The molecule has 0 aliphatic carbocycles. The summed E-state index contributed by atoms with van der Waals surface area (Å²) in [5.74, 6) is 4.11. The number of nitrogens with two attached hydrogens (primary N) is 1. The van der Waals surface area contributed by atoms with E-state index in [2.05, 4.69) is 34.1 Å². The van der Waals surface area contributed by atoms with Crippen LogP contribution >= 0.6 is 11.6 Å². The van der Waals surface area contributed by atoms with Crippen LogP contribution in [-0.2, 0) is 13.0 Å². The summed E-state index contributed by atoms with van der Waals surface area (Å²) in [7, 11) is 0. The first-order valence-electron chi connectivity index (χ1n) is 10.1. The Hall–Kier alpha value is -2.65. The van der Waals surface area contributed by atoms with Crippen molar-refractivity contribution in [3.63, 3.8) is 0 Å². The molecule has 1 fully saturated rings. The molecule has 1 aromatic carbocycles. The lowest BCUT2D eigenvalue weighted by Gasteiger charge is -2.37. The highest BCUT2D eigenvalue weighted by atomic mass is 35.5. The molecule has 2 heterocycles. The summed E-state index contributed by atoms with van der Waals surface area (Å²) < 4.78 is 28.3. The molecular formula is C21H26ClF2N7. The quantitative estimate of drug-likeness (QED) is 0.227. The number of halogens is 3. The summed E-state index contributed by atoms with van der Waals surface area (Å²) in [4.78, 5) is 8.31. The fourth-order valence-corrected chi connectivity index (χ4v) is 3.92. The second-order valence-electron chi connectivity index (χ2n) is 7.99. The zero-order valence-electron chi connectivity index (χ0n) is 17.6. The number of piperazine rings is 1. The second-order valence-corrected chi connectivity index (χ2v) is 8.39. The number of nitrogens with one attached hydrogen (secondary N) is 1. The van der Waals surface area contributed by atoms with E-state index in [0.717, 1.165) is 18.2 Å². The smallest absolute Gasteiger partial charge is 0.181 e. The molecule has 1 saturated heterocycles. The molecule has 1 aliphatic heterocycles. The molecule has 0 saturated carbocycles. The monoisotopic (exact) mass is 449 g/mol. The van der Waals surface area contributed by atoms with Crippen LogP contribution in [0.3, 0.4) is 0 Å². The van der Waals surface area contributed by atoms with Crippen molar-refractivity contribution in [2.45, 2.75) is 26.8 Å². The predicted octanol–water partition coefficient (Wildman–Crippen LogP) is 4.19. The van der Waals surface area contributed by atoms with Crippen molar-refractivity contribution in [3.05, 3.63) is 57.9 Å². The van der Waals surface area contributed by atoms with E-state index in [9.17, 15) is 8.78 Å². The van der Waals surface area contributed by atoms with Crippen LogP contribution in [0.25, 0.3) is 0 Å². The first-order chi connectivity index (χ1) is 14.8. The first kappa shape index (κ1) is 23.0. The minimum absolute atomic E-state index is 0.0540. The molecule has 10 heteroatoms. The molecule has 0 bridgehead atoms. The molecule has 0 radical (unpaired) electrons. The van der Waals surface area contributed by atoms with E-state index in [4.69, 9.17) is 22.9 Å². The maximum absolute atomic E-state index is 15.0. The van der Waals surface area contributed by atoms with Crippen molar-refractivity contribution < 1.29 is 8.78 Å². The van der Waals surface area contributed by atoms with E-state index in [1.807, 2.05) is 11.0 Å². The third-order valence-corrected chi connectivity index (χ3v) is 5.42. The van der Waals surface area contributed by atoms with Gasteiger partial charge in [-0.2, -0.15) is 0 Å². The van der Waals surface area contributed by atoms with Gasteiger partial charge in [-0.15, -0.1) is 5.11 Å². The van der Waals surface area contributed by atoms with Crippen molar-refractivity contribution in [3.8, 4) is 0 Å². The van der Waals surface area contributed by atoms with Crippen molar-refractivity contribution in [2.24, 2.45) is 22.1 Å². The van der Waals surface area contributed by atoms with Gasteiger partial charge in [-0.3, -0.25) is 15.3 Å². The molecule has 7 nitrogen and oxygen atoms in total. The zero-order chi connectivity index (χ0) is 22.5. The molecule has 3 rings (SSSR count). The van der Waals surface area contributed by atoms with E-state index in [0.29, 0.717) is 50.0 Å². The maximum atomic E-state index is 15.0. The zero-order valence-corrected chi connectivity index (χ0v) is 18.3. The number of anilines is 1. The summed E-state index contributed by atoms with van der Waals surface area (Å²) in [5, 5.41) is 14.8. The van der Waals surface area contributed by atoms with Crippen LogP contribution in [0.15, 0.2) is 34.7 Å². The Morgan fingerprint density at radius 3 is 2.52 bits per heavy atom. The molecule has 166 valence electrons. The number of rotatable bonds is 6. The highest BCUT2D eigenvalue weighted by Crippen LogP contribution is 2.29. The van der Waals surface area contributed by atoms with Crippen LogP contribution < -0.4 is 10.7 Å². The van der Waals surface area contributed by atoms with Crippen LogP contribution in [0, 0.1) is 23.0 Å². The van der Waals surface area contributed by atoms with Gasteiger partial charge in [-0.1, -0.05) is 30.7 Å². The minimum atomic E-state index is -0.539. The summed E-state index contributed by atoms with van der Waals surface area (Å²) in [6.45, 7) is 7.32. The molecule has 0 unspecified atom stereocenters. The Morgan fingerprint density at radius 2 is 1.90 bits per heavy atom. The molecule has 0 amide bonds. The average molecular weight is 450 g/mol. The lowest BCUT2D eigenvalue weighted by molar-refractivity contribution is 0.247. The molecule has 3 N–H and O–H groups in total. The molecule has 0 spiro atoms. The van der Waals surface area contributed by atoms with E-state index in [-0.39, 0.29) is 16.4 Å². The number of pyridine rings is 1. The van der Waals surface area contributed by atoms with Gasteiger partial charge in [0.2, 0.25) is 0 Å². The van der Waals surface area contributed by atoms with E-state index < -0.39 is 11.6 Å². The summed E-state index contributed by atoms with van der Waals surface area (Å²) in [6, 6.07) is 4.92. The number of nitrogens with zero attached hydrogens (tertiary/aromatic N) is 5. The lowest BCUT2D eigenvalue weighted by atomic mass is 9.98. The summed E-state index contributed by atoms with van der Waals surface area (Å²) in [6.07, 6.45) is 1.85. The summed E-state index contributed by atoms with van der Waals surface area (Å²) >= 11 is 5.85. The van der Waals surface area contributed by atoms with E-state index >= 15 is 0 Å². The predicted molar refractivity (Wildman–Crippen MR) is 118 cm³/mol. The molecule has 1 aromatic heterocycles. The highest BCUT2D eigenvalue weighted by molar-refractivity contribution is 6.30. The van der Waals surface area contributed by atoms with Crippen LogP contribution in [0.2, 0.25) is 5.02 Å². The fourth-order valence-electron chi connectivity index (χ4n) is 3.74. The SMILES string of the molecule is CC(C)Cc1cc(F)c(C(=N)N=NN)c(N2CCN(Cc3cc(Cl)c(F)cn3)CC2)c1. The topological polar surface area (TPSA) is 94.0 Å². The Kier molecular flexibility index (Phi) is 7.50. The number of hydrogen-bond acceptors (Lipinski definition) is 5. The Labute approximate surface area is 185 Å². The number of benzene rings is 1. The van der Waals surface area contributed by atoms with Gasteiger partial charge in [0.05, 0.1) is 28.2 Å². The molecule has 31 heavy (non-hydrogen) atoms. The molecule has 0 atom stereocenters. The lowest BCUT2D eigenvalue weighted by Crippen LogP contribution is -2.46. The highest BCUT2D eigenvalue weighted by Gasteiger charge is 2.24. The Bertz CT molecular complexity index is 972. The summed E-state index contributed by atoms with van der Waals surface area (Å²) in [5.41, 5.74) is 2.28. The Balaban J connectivity index is 1.79. The third-order valence-electron chi connectivity index (χ3n) is 5.13. The average Bonchev–Trinajstić information content (AvgIpc) is 2.70. The van der Waals surface area contributed by atoms with Crippen LogP contribution in [-0.4, -0.2) is 41.9 Å². The van der Waals surface area contributed by atoms with Crippen molar-refractivity contribution in [1.29, 1.82) is 5.41 Å². The van der Waals surface area contributed by atoms with Crippen molar-refractivity contribution in [2.75, 3.05) is 31.1 Å². The maximum Gasteiger partial charge on any atom is 0.181 e. The first-order valence-corrected chi connectivity index (χ1v) is 10.5. The van der Waals surface area contributed by atoms with Gasteiger partial charge in [-0.05, 0) is 36.1 Å². The van der Waals surface area contributed by atoms with Gasteiger partial charge in [0, 0.05) is 32.7 Å². The van der Waals surface area contributed by atoms with Gasteiger partial charge >= 0.3 is 0 Å². The van der Waals surface area contributed by atoms with Crippen LogP contribution in [0.1, 0.15) is 30.7 Å². The third kappa shape index (κ3) is 5.74. The number of aromatic nitrogens is 1. The molecule has 2 aromatic rings. The number of amidine groups is 1. The standard InChI is InChI=1S/C21H26ClF2N7/c1-13(2)7-14-8-17(23)20(21(25)28-29-26)19(9-14)31-5-3-30(4-6-31)12-15-10-16(22)18(24)11-27-15/h8-11,13H,3-7,12H2,1-2H3,(H3,25,26,28). The fraction of sp³-hybridized carbons (Fsp3) is 0.429. The molecular weight excluding hydrogens is 424 g/mol. The van der Waals surface area contributed by atoms with Gasteiger partial charge in [0.15, 0.2) is 11.7 Å². The van der Waals surface area contributed by atoms with Crippen molar-refractivity contribution in [1.82, 2.24) is 9.88 Å². The van der Waals surface area contributed by atoms with Gasteiger partial charge in [-0.25, -0.2) is 8.78 Å². The Morgan fingerprint density at radius 1 is 1.19 bits per heavy atom. The number of hydrogen-bond donors (Lipinski definition) is 2. The van der Waals surface area contributed by atoms with Crippen LogP contribution in [0.4, 0.5) is 14.5 Å². The van der Waals surface area contributed by atoms with Gasteiger partial charge in [0.1, 0.15) is 5.82 Å². The van der Waals surface area contributed by atoms with E-state index in [1.165, 1.54) is 12.1 Å². The van der Waals surface area contributed by atoms with Crippen LogP contribution in [0.5, 0.6) is 0 Å².